The third kappa shape index (κ3) is 7.78. The fraction of sp³-hybridized carbons (Fsp3) is 0.714. The summed E-state index contributed by atoms with van der Waals surface area (Å²) in [6, 6.07) is -0.707. The smallest absolute Gasteiger partial charge is 0.408 e. The number of carbonyl (C=O) groups excluding carboxylic acids is 2. The highest BCUT2D eigenvalue weighted by molar-refractivity contribution is 5.85. The molecular formula is C14H26N2O4. The van der Waals surface area contributed by atoms with E-state index in [1.807, 2.05) is 0 Å². The first-order chi connectivity index (χ1) is 9.21. The van der Waals surface area contributed by atoms with Crippen molar-refractivity contribution in [2.75, 3.05) is 19.7 Å². The molecule has 1 atom stereocenters. The third-order valence-electron chi connectivity index (χ3n) is 2.39. The van der Waals surface area contributed by atoms with Gasteiger partial charge in [-0.3, -0.25) is 4.79 Å². The maximum absolute atomic E-state index is 12.2. The first-order valence-corrected chi connectivity index (χ1v) is 6.71. The first-order valence-electron chi connectivity index (χ1n) is 6.71. The summed E-state index contributed by atoms with van der Waals surface area (Å²) in [6.07, 6.45) is 1.69. The van der Waals surface area contributed by atoms with E-state index in [4.69, 9.17) is 9.84 Å². The Labute approximate surface area is 120 Å². The van der Waals surface area contributed by atoms with Crippen molar-refractivity contribution in [3.05, 3.63) is 12.7 Å². The van der Waals surface area contributed by atoms with E-state index in [9.17, 15) is 9.59 Å². The van der Waals surface area contributed by atoms with Gasteiger partial charge in [0.2, 0.25) is 5.91 Å². The average Bonchev–Trinajstić information content (AvgIpc) is 2.31. The van der Waals surface area contributed by atoms with Gasteiger partial charge in [-0.15, -0.1) is 6.58 Å². The zero-order valence-electron chi connectivity index (χ0n) is 12.8. The van der Waals surface area contributed by atoms with E-state index in [1.165, 1.54) is 4.90 Å². The van der Waals surface area contributed by atoms with Crippen molar-refractivity contribution in [3.8, 4) is 0 Å². The van der Waals surface area contributed by atoms with Crippen LogP contribution in [0.5, 0.6) is 0 Å². The molecule has 0 rings (SSSR count). The predicted molar refractivity (Wildman–Crippen MR) is 77.3 cm³/mol. The molecule has 2 amide bonds. The normalized spacial score (nSPS) is 12.4. The molecular weight excluding hydrogens is 260 g/mol. The Morgan fingerprint density at radius 1 is 1.40 bits per heavy atom. The molecule has 0 aliphatic rings. The summed E-state index contributed by atoms with van der Waals surface area (Å²) in [4.78, 5) is 25.2. The van der Waals surface area contributed by atoms with Crippen LogP contribution in [0.25, 0.3) is 0 Å². The molecule has 0 heterocycles. The van der Waals surface area contributed by atoms with Crippen molar-refractivity contribution in [2.45, 2.75) is 45.8 Å². The van der Waals surface area contributed by atoms with Crippen molar-refractivity contribution < 1.29 is 19.4 Å². The van der Waals surface area contributed by atoms with Crippen LogP contribution in [0.3, 0.4) is 0 Å². The van der Waals surface area contributed by atoms with Gasteiger partial charge in [0.25, 0.3) is 0 Å². The molecule has 6 heteroatoms. The number of hydrogen-bond acceptors (Lipinski definition) is 4. The Morgan fingerprint density at radius 3 is 2.45 bits per heavy atom. The topological polar surface area (TPSA) is 78.9 Å². The maximum Gasteiger partial charge on any atom is 0.408 e. The summed E-state index contributed by atoms with van der Waals surface area (Å²) >= 11 is 0. The molecule has 0 aromatic rings. The highest BCUT2D eigenvalue weighted by Crippen LogP contribution is 2.07. The van der Waals surface area contributed by atoms with Crippen LogP contribution >= 0.6 is 0 Å². The fourth-order valence-corrected chi connectivity index (χ4v) is 1.52. The van der Waals surface area contributed by atoms with E-state index >= 15 is 0 Å². The molecule has 0 aromatic heterocycles. The molecule has 0 fully saturated rings. The second kappa shape index (κ2) is 8.58. The molecule has 20 heavy (non-hydrogen) atoms. The van der Waals surface area contributed by atoms with Gasteiger partial charge in [-0.05, 0) is 34.1 Å². The van der Waals surface area contributed by atoms with E-state index in [-0.39, 0.29) is 19.1 Å². The molecule has 0 aliphatic carbocycles. The van der Waals surface area contributed by atoms with Gasteiger partial charge in [0, 0.05) is 13.1 Å². The van der Waals surface area contributed by atoms with Gasteiger partial charge in [0.15, 0.2) is 0 Å². The number of hydrogen-bond donors (Lipinski definition) is 2. The summed E-state index contributed by atoms with van der Waals surface area (Å²) in [5.41, 5.74) is -0.611. The van der Waals surface area contributed by atoms with Crippen LogP contribution in [0.4, 0.5) is 4.79 Å². The lowest BCUT2D eigenvalue weighted by Crippen LogP contribution is -2.49. The van der Waals surface area contributed by atoms with Crippen LogP contribution in [0, 0.1) is 0 Å². The number of ether oxygens (including phenoxy) is 1. The minimum absolute atomic E-state index is 0.123. The largest absolute Gasteiger partial charge is 0.444 e. The number of alkyl carbamates (subject to hydrolysis) is 1. The average molecular weight is 286 g/mol. The summed E-state index contributed by atoms with van der Waals surface area (Å²) in [5.74, 6) is -0.258. The van der Waals surface area contributed by atoms with Gasteiger partial charge in [0.05, 0.1) is 6.61 Å². The standard InChI is InChI=1S/C14H26N2O4/c1-6-7-8-16(9-10-17)12(18)11(2)15-13(19)20-14(3,4)5/h6,11,17H,1,7-10H2,2-5H3,(H,15,19)/t11-/m1/s1. The molecule has 0 radical (unpaired) electrons. The molecule has 116 valence electrons. The second-order valence-electron chi connectivity index (χ2n) is 5.49. The Bertz CT molecular complexity index is 337. The van der Waals surface area contributed by atoms with Crippen LogP contribution in [0.15, 0.2) is 12.7 Å². The third-order valence-corrected chi connectivity index (χ3v) is 2.39. The van der Waals surface area contributed by atoms with Crippen molar-refractivity contribution >= 4 is 12.0 Å². The zero-order valence-corrected chi connectivity index (χ0v) is 12.8. The fourth-order valence-electron chi connectivity index (χ4n) is 1.52. The van der Waals surface area contributed by atoms with Crippen molar-refractivity contribution in [1.29, 1.82) is 0 Å². The van der Waals surface area contributed by atoms with E-state index in [1.54, 1.807) is 33.8 Å². The van der Waals surface area contributed by atoms with Crippen molar-refractivity contribution in [1.82, 2.24) is 10.2 Å². The van der Waals surface area contributed by atoms with Crippen LogP contribution in [0.1, 0.15) is 34.1 Å². The van der Waals surface area contributed by atoms with E-state index in [0.717, 1.165) is 0 Å². The molecule has 0 bridgehead atoms. The quantitative estimate of drug-likeness (QED) is 0.691. The van der Waals surface area contributed by atoms with E-state index < -0.39 is 17.7 Å². The number of aliphatic hydroxyl groups is 1. The minimum atomic E-state index is -0.707. The molecule has 0 saturated carbocycles. The van der Waals surface area contributed by atoms with Gasteiger partial charge < -0.3 is 20.1 Å². The van der Waals surface area contributed by atoms with Crippen molar-refractivity contribution in [2.24, 2.45) is 0 Å². The lowest BCUT2D eigenvalue weighted by molar-refractivity contribution is -0.133. The van der Waals surface area contributed by atoms with Crippen LogP contribution in [-0.2, 0) is 9.53 Å². The Hall–Kier alpha value is -1.56. The molecule has 0 unspecified atom stereocenters. The summed E-state index contributed by atoms with van der Waals surface area (Å²) in [5, 5.41) is 11.5. The van der Waals surface area contributed by atoms with Crippen molar-refractivity contribution in [3.63, 3.8) is 0 Å². The summed E-state index contributed by atoms with van der Waals surface area (Å²) in [6.45, 7) is 11.0. The maximum atomic E-state index is 12.2. The predicted octanol–water partition coefficient (Wildman–Crippen LogP) is 1.30. The zero-order chi connectivity index (χ0) is 15.8. The Kier molecular flexibility index (Phi) is 7.91. The van der Waals surface area contributed by atoms with Gasteiger partial charge in [-0.1, -0.05) is 6.08 Å². The molecule has 2 N–H and O–H groups in total. The second-order valence-corrected chi connectivity index (χ2v) is 5.49. The lowest BCUT2D eigenvalue weighted by atomic mass is 10.2. The lowest BCUT2D eigenvalue weighted by Gasteiger charge is -2.26. The van der Waals surface area contributed by atoms with Gasteiger partial charge in [0.1, 0.15) is 11.6 Å². The van der Waals surface area contributed by atoms with Crippen LogP contribution in [-0.4, -0.2) is 53.3 Å². The van der Waals surface area contributed by atoms with Gasteiger partial charge in [-0.2, -0.15) is 0 Å². The monoisotopic (exact) mass is 286 g/mol. The Balaban J connectivity index is 4.48. The summed E-state index contributed by atoms with van der Waals surface area (Å²) < 4.78 is 5.09. The molecule has 0 aliphatic heterocycles. The van der Waals surface area contributed by atoms with Crippen LogP contribution < -0.4 is 5.32 Å². The highest BCUT2D eigenvalue weighted by Gasteiger charge is 2.24. The van der Waals surface area contributed by atoms with Gasteiger partial charge >= 0.3 is 6.09 Å². The number of aliphatic hydroxyl groups excluding tert-OH is 1. The van der Waals surface area contributed by atoms with Gasteiger partial charge in [-0.25, -0.2) is 4.79 Å². The summed E-state index contributed by atoms with van der Waals surface area (Å²) in [7, 11) is 0. The first kappa shape index (κ1) is 18.4. The SMILES string of the molecule is C=CCCN(CCO)C(=O)[C@@H](C)NC(=O)OC(C)(C)C. The highest BCUT2D eigenvalue weighted by atomic mass is 16.6. The van der Waals surface area contributed by atoms with E-state index in [0.29, 0.717) is 13.0 Å². The number of nitrogens with zero attached hydrogens (tertiary/aromatic N) is 1. The molecule has 0 aromatic carbocycles. The van der Waals surface area contributed by atoms with E-state index in [2.05, 4.69) is 11.9 Å². The molecule has 6 nitrogen and oxygen atoms in total. The number of rotatable bonds is 7. The number of amides is 2. The van der Waals surface area contributed by atoms with Crippen LogP contribution in [0.2, 0.25) is 0 Å². The minimum Gasteiger partial charge on any atom is -0.444 e. The number of carbonyl (C=O) groups is 2. The Morgan fingerprint density at radius 2 is 2.00 bits per heavy atom. The molecule has 0 spiro atoms. The number of nitrogens with one attached hydrogen (secondary N) is 1. The molecule has 0 saturated heterocycles.